The molecule has 0 radical (unpaired) electrons. The SMILES string of the molecule is CC(C)(C)OC(=O)N1CCN(C(=O)c2ccccc2-c2c3ccc(=N)cc-3oc3cc(N)ccc23)CC1. The number of benzene rings is 3. The molecule has 8 nitrogen and oxygen atoms in total. The molecule has 190 valence electrons. The Morgan fingerprint density at radius 3 is 2.35 bits per heavy atom. The van der Waals surface area contributed by atoms with E-state index in [0.29, 0.717) is 54.1 Å². The van der Waals surface area contributed by atoms with Crippen LogP contribution in [-0.2, 0) is 4.74 Å². The number of hydrogen-bond acceptors (Lipinski definition) is 6. The molecule has 3 aliphatic rings. The van der Waals surface area contributed by atoms with Crippen molar-refractivity contribution in [1.29, 1.82) is 5.41 Å². The number of amides is 2. The van der Waals surface area contributed by atoms with E-state index < -0.39 is 5.60 Å². The van der Waals surface area contributed by atoms with Gasteiger partial charge in [-0.25, -0.2) is 4.79 Å². The van der Waals surface area contributed by atoms with Gasteiger partial charge in [-0.05, 0) is 56.7 Å². The van der Waals surface area contributed by atoms with Crippen LogP contribution in [0.5, 0.6) is 0 Å². The zero-order valence-corrected chi connectivity index (χ0v) is 21.2. The van der Waals surface area contributed by atoms with E-state index in [1.165, 1.54) is 0 Å². The van der Waals surface area contributed by atoms with Crippen molar-refractivity contribution in [3.05, 3.63) is 71.6 Å². The number of carbonyl (C=O) groups is 2. The largest absolute Gasteiger partial charge is 0.456 e. The number of carbonyl (C=O) groups excluding carboxylic acids is 2. The Kier molecular flexibility index (Phi) is 6.11. The van der Waals surface area contributed by atoms with Gasteiger partial charge in [0.2, 0.25) is 0 Å². The first-order valence-corrected chi connectivity index (χ1v) is 12.3. The number of fused-ring (bicyclic) bond motifs is 2. The fourth-order valence-electron chi connectivity index (χ4n) is 4.67. The predicted molar refractivity (Wildman–Crippen MR) is 142 cm³/mol. The molecule has 0 aromatic heterocycles. The summed E-state index contributed by atoms with van der Waals surface area (Å²) in [5.74, 6) is 0.447. The third-order valence-corrected chi connectivity index (χ3v) is 6.39. The molecule has 1 aliphatic carbocycles. The quantitative estimate of drug-likeness (QED) is 0.300. The Labute approximate surface area is 215 Å². The van der Waals surface area contributed by atoms with Crippen LogP contribution in [-0.4, -0.2) is 53.6 Å². The molecular weight excluding hydrogens is 468 g/mol. The standard InChI is InChI=1S/C29H30N4O4/c1-29(2,3)37-28(35)33-14-12-32(13-15-33)27(34)21-7-5-4-6-20(21)26-22-10-8-18(30)16-24(22)36-25-17-19(31)9-11-23(25)26/h4-11,16-17,30H,12-15,31H2,1-3H3. The fourth-order valence-corrected chi connectivity index (χ4v) is 4.67. The van der Waals surface area contributed by atoms with Crippen LogP contribution in [0.25, 0.3) is 33.4 Å². The highest BCUT2D eigenvalue weighted by molar-refractivity contribution is 6.09. The number of anilines is 1. The summed E-state index contributed by atoms with van der Waals surface area (Å²) in [6.45, 7) is 7.16. The van der Waals surface area contributed by atoms with Crippen molar-refractivity contribution in [2.45, 2.75) is 26.4 Å². The van der Waals surface area contributed by atoms with Gasteiger partial charge in [-0.3, -0.25) is 4.79 Å². The summed E-state index contributed by atoms with van der Waals surface area (Å²) in [6.07, 6.45) is -0.362. The molecule has 1 fully saturated rings. The molecular formula is C29H30N4O4. The topological polar surface area (TPSA) is 113 Å². The third kappa shape index (κ3) is 4.87. The van der Waals surface area contributed by atoms with Gasteiger partial charge in [0, 0.05) is 66.1 Å². The number of rotatable bonds is 2. The van der Waals surface area contributed by atoms with Crippen molar-refractivity contribution in [1.82, 2.24) is 9.80 Å². The summed E-state index contributed by atoms with van der Waals surface area (Å²) in [5.41, 5.74) is 9.62. The van der Waals surface area contributed by atoms with Crippen molar-refractivity contribution in [3.63, 3.8) is 0 Å². The minimum Gasteiger partial charge on any atom is -0.456 e. The Morgan fingerprint density at radius 1 is 0.919 bits per heavy atom. The first kappa shape index (κ1) is 24.4. The van der Waals surface area contributed by atoms with Crippen molar-refractivity contribution in [2.75, 3.05) is 31.9 Å². The van der Waals surface area contributed by atoms with Gasteiger partial charge in [-0.15, -0.1) is 0 Å². The molecule has 0 atom stereocenters. The molecule has 2 aromatic rings. The summed E-state index contributed by atoms with van der Waals surface area (Å²) in [6, 6.07) is 18.2. The van der Waals surface area contributed by atoms with Gasteiger partial charge in [0.05, 0.1) is 5.36 Å². The van der Waals surface area contributed by atoms with E-state index >= 15 is 0 Å². The summed E-state index contributed by atoms with van der Waals surface area (Å²) in [5, 5.41) is 9.22. The summed E-state index contributed by atoms with van der Waals surface area (Å²) >= 11 is 0. The highest BCUT2D eigenvalue weighted by atomic mass is 16.6. The fraction of sp³-hybridized carbons (Fsp3) is 0.276. The third-order valence-electron chi connectivity index (χ3n) is 6.39. The molecule has 5 rings (SSSR count). The van der Waals surface area contributed by atoms with E-state index in [9.17, 15) is 9.59 Å². The average molecular weight is 499 g/mol. The molecule has 3 N–H and O–H groups in total. The van der Waals surface area contributed by atoms with Gasteiger partial charge >= 0.3 is 6.09 Å². The predicted octanol–water partition coefficient (Wildman–Crippen LogP) is 4.96. The van der Waals surface area contributed by atoms with Crippen LogP contribution >= 0.6 is 0 Å². The Balaban J connectivity index is 1.52. The first-order valence-electron chi connectivity index (χ1n) is 12.3. The molecule has 2 heterocycles. The second kappa shape index (κ2) is 9.28. The van der Waals surface area contributed by atoms with E-state index in [-0.39, 0.29) is 12.0 Å². The highest BCUT2D eigenvalue weighted by Crippen LogP contribution is 2.41. The molecule has 37 heavy (non-hydrogen) atoms. The lowest BCUT2D eigenvalue weighted by Gasteiger charge is -2.36. The second-order valence-electron chi connectivity index (χ2n) is 10.2. The zero-order valence-electron chi connectivity index (χ0n) is 21.2. The lowest BCUT2D eigenvalue weighted by molar-refractivity contribution is 0.0141. The van der Waals surface area contributed by atoms with Gasteiger partial charge in [-0.2, -0.15) is 0 Å². The minimum atomic E-state index is -0.568. The van der Waals surface area contributed by atoms with Crippen molar-refractivity contribution in [3.8, 4) is 22.5 Å². The van der Waals surface area contributed by atoms with E-state index in [1.54, 1.807) is 28.0 Å². The van der Waals surface area contributed by atoms with Gasteiger partial charge in [-0.1, -0.05) is 18.2 Å². The maximum atomic E-state index is 13.8. The average Bonchev–Trinajstić information content (AvgIpc) is 2.86. The number of nitrogen functional groups attached to an aromatic ring is 1. The number of nitrogens with two attached hydrogens (primary N) is 1. The minimum absolute atomic E-state index is 0.103. The second-order valence-corrected chi connectivity index (χ2v) is 10.2. The van der Waals surface area contributed by atoms with Crippen LogP contribution in [0.15, 0.2) is 65.1 Å². The summed E-state index contributed by atoms with van der Waals surface area (Å²) < 4.78 is 11.6. The molecule has 2 aromatic carbocycles. The molecule has 2 aliphatic heterocycles. The van der Waals surface area contributed by atoms with Gasteiger partial charge in [0.15, 0.2) is 0 Å². The lowest BCUT2D eigenvalue weighted by atomic mass is 9.90. The molecule has 2 amide bonds. The normalized spacial score (nSPS) is 14.2. The Bertz CT molecular complexity index is 1530. The highest BCUT2D eigenvalue weighted by Gasteiger charge is 2.30. The van der Waals surface area contributed by atoms with E-state index in [2.05, 4.69) is 0 Å². The van der Waals surface area contributed by atoms with Crippen LogP contribution < -0.4 is 11.1 Å². The van der Waals surface area contributed by atoms with Crippen molar-refractivity contribution >= 4 is 28.7 Å². The van der Waals surface area contributed by atoms with Crippen molar-refractivity contribution < 1.29 is 18.7 Å². The number of piperazine rings is 1. The summed E-state index contributed by atoms with van der Waals surface area (Å²) in [4.78, 5) is 29.7. The number of ether oxygens (including phenoxy) is 1. The van der Waals surface area contributed by atoms with E-state index in [4.69, 9.17) is 20.3 Å². The van der Waals surface area contributed by atoms with Gasteiger partial charge < -0.3 is 30.1 Å². The number of hydrogen-bond donors (Lipinski definition) is 2. The summed E-state index contributed by atoms with van der Waals surface area (Å²) in [7, 11) is 0. The molecule has 0 saturated carbocycles. The molecule has 0 bridgehead atoms. The van der Waals surface area contributed by atoms with E-state index in [1.807, 2.05) is 63.2 Å². The number of nitrogens with one attached hydrogen (secondary N) is 1. The maximum absolute atomic E-state index is 13.8. The van der Waals surface area contributed by atoms with Crippen LogP contribution in [0.1, 0.15) is 31.1 Å². The van der Waals surface area contributed by atoms with Crippen molar-refractivity contribution in [2.24, 2.45) is 0 Å². The maximum Gasteiger partial charge on any atom is 0.410 e. The lowest BCUT2D eigenvalue weighted by Crippen LogP contribution is -2.51. The monoisotopic (exact) mass is 498 g/mol. The number of nitrogens with zero attached hydrogens (tertiary/aromatic N) is 2. The Hall–Kier alpha value is -4.33. The van der Waals surface area contributed by atoms with Crippen LogP contribution in [0, 0.1) is 5.41 Å². The molecule has 8 heteroatoms. The van der Waals surface area contributed by atoms with Crippen LogP contribution in [0.2, 0.25) is 0 Å². The van der Waals surface area contributed by atoms with Gasteiger partial charge in [0.25, 0.3) is 5.91 Å². The van der Waals surface area contributed by atoms with Crippen LogP contribution in [0.3, 0.4) is 0 Å². The molecule has 0 spiro atoms. The zero-order chi connectivity index (χ0) is 26.3. The van der Waals surface area contributed by atoms with Gasteiger partial charge in [0.1, 0.15) is 16.9 Å². The first-order chi connectivity index (χ1) is 17.6. The molecule has 0 unspecified atom stereocenters. The van der Waals surface area contributed by atoms with Crippen LogP contribution in [0.4, 0.5) is 10.5 Å². The molecule has 1 saturated heterocycles. The smallest absolute Gasteiger partial charge is 0.410 e. The van der Waals surface area contributed by atoms with E-state index in [0.717, 1.165) is 22.1 Å². The Morgan fingerprint density at radius 2 is 1.62 bits per heavy atom.